The third kappa shape index (κ3) is 4.44. The zero-order valence-corrected chi connectivity index (χ0v) is 13.3. The lowest BCUT2D eigenvalue weighted by Crippen LogP contribution is -2.51. The van der Waals surface area contributed by atoms with Gasteiger partial charge in [0.25, 0.3) is 0 Å². The molecule has 1 saturated heterocycles. The number of carbonyl (C=O) groups is 2. The minimum absolute atomic E-state index is 0.0331. The van der Waals surface area contributed by atoms with E-state index in [-0.39, 0.29) is 30.4 Å². The first-order valence-corrected chi connectivity index (χ1v) is 7.23. The molecule has 1 aliphatic heterocycles. The summed E-state index contributed by atoms with van der Waals surface area (Å²) in [6, 6.07) is 5.50. The maximum absolute atomic E-state index is 11.5. The van der Waals surface area contributed by atoms with Crippen LogP contribution >= 0.6 is 11.6 Å². The molecule has 0 spiro atoms. The van der Waals surface area contributed by atoms with E-state index in [0.29, 0.717) is 11.6 Å². The molecule has 21 heavy (non-hydrogen) atoms. The Bertz CT molecular complexity index is 551. The standard InChI is InChI=1S/C15H20ClN3O2/c1-15(2,3)17-7-10-6-11(16)4-5-12(10)19-8-13(20)18-14(21)9-19/h4-6,17H,7-9H2,1-3H3,(H,18,20,21). The largest absolute Gasteiger partial charge is 0.353 e. The van der Waals surface area contributed by atoms with Gasteiger partial charge < -0.3 is 10.2 Å². The highest BCUT2D eigenvalue weighted by Crippen LogP contribution is 2.25. The van der Waals surface area contributed by atoms with Gasteiger partial charge in [-0.3, -0.25) is 14.9 Å². The van der Waals surface area contributed by atoms with Gasteiger partial charge in [0.1, 0.15) is 0 Å². The van der Waals surface area contributed by atoms with E-state index in [1.807, 2.05) is 12.1 Å². The normalized spacial score (nSPS) is 16.1. The minimum atomic E-state index is -0.282. The average Bonchev–Trinajstić information content (AvgIpc) is 2.34. The number of benzene rings is 1. The van der Waals surface area contributed by atoms with Gasteiger partial charge in [-0.05, 0) is 44.5 Å². The molecule has 0 atom stereocenters. The molecule has 0 saturated carbocycles. The Kier molecular flexibility index (Phi) is 4.54. The second-order valence-electron chi connectivity index (χ2n) is 6.20. The van der Waals surface area contributed by atoms with Gasteiger partial charge in [-0.1, -0.05) is 11.6 Å². The Morgan fingerprint density at radius 3 is 2.43 bits per heavy atom. The van der Waals surface area contributed by atoms with Crippen molar-refractivity contribution >= 4 is 29.1 Å². The van der Waals surface area contributed by atoms with Crippen LogP contribution in [0, 0.1) is 0 Å². The van der Waals surface area contributed by atoms with Crippen molar-refractivity contribution in [3.8, 4) is 0 Å². The summed E-state index contributed by atoms with van der Waals surface area (Å²) < 4.78 is 0. The molecule has 0 aliphatic carbocycles. The Morgan fingerprint density at radius 1 is 1.24 bits per heavy atom. The SMILES string of the molecule is CC(C)(C)NCc1cc(Cl)ccc1N1CC(=O)NC(=O)C1. The van der Waals surface area contributed by atoms with Crippen LogP contribution in [0.5, 0.6) is 0 Å². The molecule has 0 radical (unpaired) electrons. The molecule has 114 valence electrons. The molecule has 1 aromatic rings. The van der Waals surface area contributed by atoms with Crippen LogP contribution in [0.1, 0.15) is 26.3 Å². The summed E-state index contributed by atoms with van der Waals surface area (Å²) in [5.74, 6) is -0.563. The second kappa shape index (κ2) is 6.03. The highest BCUT2D eigenvalue weighted by Gasteiger charge is 2.24. The van der Waals surface area contributed by atoms with Gasteiger partial charge in [0.2, 0.25) is 11.8 Å². The number of hydrogen-bond acceptors (Lipinski definition) is 4. The Balaban J connectivity index is 2.25. The third-order valence-electron chi connectivity index (χ3n) is 3.14. The van der Waals surface area contributed by atoms with E-state index in [9.17, 15) is 9.59 Å². The predicted octanol–water partition coefficient (Wildman–Crippen LogP) is 1.69. The van der Waals surface area contributed by atoms with Crippen LogP contribution in [0.15, 0.2) is 18.2 Å². The smallest absolute Gasteiger partial charge is 0.246 e. The van der Waals surface area contributed by atoms with E-state index < -0.39 is 0 Å². The van der Waals surface area contributed by atoms with Crippen LogP contribution in [0.3, 0.4) is 0 Å². The third-order valence-corrected chi connectivity index (χ3v) is 3.37. The summed E-state index contributed by atoms with van der Waals surface area (Å²) in [6.07, 6.45) is 0. The second-order valence-corrected chi connectivity index (χ2v) is 6.64. The molecular formula is C15H20ClN3O2. The minimum Gasteiger partial charge on any atom is -0.353 e. The van der Waals surface area contributed by atoms with Crippen LogP contribution in [0.4, 0.5) is 5.69 Å². The van der Waals surface area contributed by atoms with Crippen molar-refractivity contribution in [3.05, 3.63) is 28.8 Å². The number of amides is 2. The summed E-state index contributed by atoms with van der Waals surface area (Å²) in [4.78, 5) is 24.8. The van der Waals surface area contributed by atoms with Crippen molar-refractivity contribution < 1.29 is 9.59 Å². The van der Waals surface area contributed by atoms with Crippen LogP contribution in [-0.2, 0) is 16.1 Å². The number of carbonyl (C=O) groups excluding carboxylic acids is 2. The number of piperazine rings is 1. The lowest BCUT2D eigenvalue weighted by Gasteiger charge is -2.30. The molecule has 1 aliphatic rings. The Labute approximate surface area is 129 Å². The molecule has 6 heteroatoms. The highest BCUT2D eigenvalue weighted by atomic mass is 35.5. The van der Waals surface area contributed by atoms with Crippen molar-refractivity contribution in [3.63, 3.8) is 0 Å². The van der Waals surface area contributed by atoms with Crippen LogP contribution < -0.4 is 15.5 Å². The number of rotatable bonds is 3. The zero-order chi connectivity index (χ0) is 15.6. The first-order chi connectivity index (χ1) is 9.74. The van der Waals surface area contributed by atoms with Gasteiger partial charge in [0.05, 0.1) is 13.1 Å². The summed E-state index contributed by atoms with van der Waals surface area (Å²) in [6.45, 7) is 7.21. The van der Waals surface area contributed by atoms with E-state index >= 15 is 0 Å². The molecule has 1 aromatic carbocycles. The first kappa shape index (κ1) is 15.8. The summed E-state index contributed by atoms with van der Waals surface area (Å²) in [5, 5.41) is 6.34. The average molecular weight is 310 g/mol. The maximum Gasteiger partial charge on any atom is 0.246 e. The molecule has 0 aromatic heterocycles. The molecule has 1 heterocycles. The van der Waals surface area contributed by atoms with E-state index in [1.54, 1.807) is 11.0 Å². The molecule has 2 rings (SSSR count). The van der Waals surface area contributed by atoms with Crippen molar-refractivity contribution in [2.45, 2.75) is 32.9 Å². The van der Waals surface area contributed by atoms with Gasteiger partial charge >= 0.3 is 0 Å². The lowest BCUT2D eigenvalue weighted by atomic mass is 10.1. The number of nitrogens with zero attached hydrogens (tertiary/aromatic N) is 1. The van der Waals surface area contributed by atoms with E-state index in [0.717, 1.165) is 11.3 Å². The van der Waals surface area contributed by atoms with Crippen molar-refractivity contribution in [2.24, 2.45) is 0 Å². The van der Waals surface area contributed by atoms with Crippen LogP contribution in [0.2, 0.25) is 5.02 Å². The van der Waals surface area contributed by atoms with Crippen LogP contribution in [0.25, 0.3) is 0 Å². The number of nitrogens with one attached hydrogen (secondary N) is 2. The fourth-order valence-electron chi connectivity index (χ4n) is 2.17. The molecule has 2 N–H and O–H groups in total. The molecule has 0 unspecified atom stereocenters. The topological polar surface area (TPSA) is 61.4 Å². The monoisotopic (exact) mass is 309 g/mol. The van der Waals surface area contributed by atoms with Crippen molar-refractivity contribution in [1.29, 1.82) is 0 Å². The number of imide groups is 1. The van der Waals surface area contributed by atoms with E-state index in [2.05, 4.69) is 31.4 Å². The molecular weight excluding hydrogens is 290 g/mol. The Morgan fingerprint density at radius 2 is 1.86 bits per heavy atom. The number of halogens is 1. The summed E-state index contributed by atoms with van der Waals surface area (Å²) in [7, 11) is 0. The predicted molar refractivity (Wildman–Crippen MR) is 83.4 cm³/mol. The van der Waals surface area contributed by atoms with Gasteiger partial charge in [-0.2, -0.15) is 0 Å². The summed E-state index contributed by atoms with van der Waals surface area (Å²) >= 11 is 6.07. The van der Waals surface area contributed by atoms with E-state index in [1.165, 1.54) is 0 Å². The molecule has 0 bridgehead atoms. The Hall–Kier alpha value is -1.59. The number of hydrogen-bond donors (Lipinski definition) is 2. The molecule has 1 fully saturated rings. The lowest BCUT2D eigenvalue weighted by molar-refractivity contribution is -0.130. The summed E-state index contributed by atoms with van der Waals surface area (Å²) in [5.41, 5.74) is 1.80. The zero-order valence-electron chi connectivity index (χ0n) is 12.5. The maximum atomic E-state index is 11.5. The van der Waals surface area contributed by atoms with Crippen molar-refractivity contribution in [1.82, 2.24) is 10.6 Å². The fourth-order valence-corrected chi connectivity index (χ4v) is 2.37. The van der Waals surface area contributed by atoms with Crippen molar-refractivity contribution in [2.75, 3.05) is 18.0 Å². The highest BCUT2D eigenvalue weighted by molar-refractivity contribution is 6.30. The van der Waals surface area contributed by atoms with E-state index in [4.69, 9.17) is 11.6 Å². The molecule has 2 amide bonds. The van der Waals surface area contributed by atoms with Gasteiger partial charge in [-0.15, -0.1) is 0 Å². The number of anilines is 1. The van der Waals surface area contributed by atoms with Gasteiger partial charge in [0, 0.05) is 22.8 Å². The fraction of sp³-hybridized carbons (Fsp3) is 0.467. The molecule has 5 nitrogen and oxygen atoms in total. The first-order valence-electron chi connectivity index (χ1n) is 6.86. The van der Waals surface area contributed by atoms with Gasteiger partial charge in [0.15, 0.2) is 0 Å². The van der Waals surface area contributed by atoms with Crippen LogP contribution in [-0.4, -0.2) is 30.4 Å². The quantitative estimate of drug-likeness (QED) is 0.834. The van der Waals surface area contributed by atoms with Gasteiger partial charge in [-0.25, -0.2) is 0 Å².